The molecule has 0 spiro atoms. The van der Waals surface area contributed by atoms with E-state index in [1.165, 1.54) is 29.5 Å². The summed E-state index contributed by atoms with van der Waals surface area (Å²) in [6.45, 7) is -0.237. The SMILES string of the molecule is O=S(=O)(NCC(c1cccs1)S(=O)(=O)c1cccs1)c1ccc(Br)cc1. The van der Waals surface area contributed by atoms with Gasteiger partial charge in [-0.3, -0.25) is 0 Å². The second-order valence-electron chi connectivity index (χ2n) is 5.29. The van der Waals surface area contributed by atoms with Crippen LogP contribution in [0.5, 0.6) is 0 Å². The summed E-state index contributed by atoms with van der Waals surface area (Å²) in [7, 11) is -7.52. The highest BCUT2D eigenvalue weighted by molar-refractivity contribution is 9.10. The molecular formula is C16H14BrNO4S4. The molecule has 1 atom stereocenters. The maximum atomic E-state index is 13.0. The molecule has 0 bridgehead atoms. The molecule has 10 heteroatoms. The Hall–Kier alpha value is -1.04. The van der Waals surface area contributed by atoms with Gasteiger partial charge in [-0.05, 0) is 47.2 Å². The van der Waals surface area contributed by atoms with Crippen LogP contribution >= 0.6 is 38.6 Å². The van der Waals surface area contributed by atoms with E-state index in [1.807, 2.05) is 0 Å². The van der Waals surface area contributed by atoms with E-state index < -0.39 is 25.1 Å². The molecule has 1 aromatic carbocycles. The van der Waals surface area contributed by atoms with Crippen LogP contribution in [0.2, 0.25) is 0 Å². The molecule has 0 saturated heterocycles. The van der Waals surface area contributed by atoms with Gasteiger partial charge in [0.25, 0.3) is 0 Å². The Morgan fingerprint density at radius 3 is 2.15 bits per heavy atom. The van der Waals surface area contributed by atoms with E-state index >= 15 is 0 Å². The lowest BCUT2D eigenvalue weighted by molar-refractivity contribution is 0.570. The minimum atomic E-state index is -3.82. The average Bonchev–Trinajstić information content (AvgIpc) is 3.29. The molecule has 0 fully saturated rings. The van der Waals surface area contributed by atoms with E-state index in [0.717, 1.165) is 15.8 Å². The van der Waals surface area contributed by atoms with Crippen LogP contribution in [-0.4, -0.2) is 23.4 Å². The van der Waals surface area contributed by atoms with Crippen molar-refractivity contribution >= 4 is 58.5 Å². The third kappa shape index (κ3) is 4.26. The molecule has 0 amide bonds. The third-order valence-corrected chi connectivity index (χ3v) is 10.2. The fourth-order valence-electron chi connectivity index (χ4n) is 2.29. The van der Waals surface area contributed by atoms with Gasteiger partial charge < -0.3 is 0 Å². The monoisotopic (exact) mass is 491 g/mol. The van der Waals surface area contributed by atoms with Crippen molar-refractivity contribution in [3.63, 3.8) is 0 Å². The van der Waals surface area contributed by atoms with E-state index in [2.05, 4.69) is 20.7 Å². The van der Waals surface area contributed by atoms with Gasteiger partial charge in [-0.15, -0.1) is 22.7 Å². The fraction of sp³-hybridized carbons (Fsp3) is 0.125. The summed E-state index contributed by atoms with van der Waals surface area (Å²) in [6, 6.07) is 12.8. The molecule has 1 unspecified atom stereocenters. The second kappa shape index (κ2) is 7.91. The number of hydrogen-bond acceptors (Lipinski definition) is 6. The maximum Gasteiger partial charge on any atom is 0.240 e. The first-order chi connectivity index (χ1) is 12.3. The van der Waals surface area contributed by atoms with E-state index in [1.54, 1.807) is 41.1 Å². The van der Waals surface area contributed by atoms with E-state index in [-0.39, 0.29) is 15.6 Å². The van der Waals surface area contributed by atoms with Gasteiger partial charge >= 0.3 is 0 Å². The Morgan fingerprint density at radius 2 is 1.58 bits per heavy atom. The number of benzene rings is 1. The summed E-state index contributed by atoms with van der Waals surface area (Å²) in [5.74, 6) is 0. The summed E-state index contributed by atoms with van der Waals surface area (Å²) in [4.78, 5) is 0.677. The van der Waals surface area contributed by atoms with Crippen LogP contribution in [0.25, 0.3) is 0 Å². The normalized spacial score (nSPS) is 13.6. The Bertz CT molecular complexity index is 1060. The zero-order chi connectivity index (χ0) is 18.8. The smallest absolute Gasteiger partial charge is 0.222 e. The van der Waals surface area contributed by atoms with Gasteiger partial charge in [-0.1, -0.05) is 28.1 Å². The standard InChI is InChI=1S/C16H14BrNO4S4/c17-12-5-7-13(8-6-12)26(21,22)18-11-15(14-3-1-9-23-14)25(19,20)16-4-2-10-24-16/h1-10,15,18H,11H2. The van der Waals surface area contributed by atoms with Crippen molar-refractivity contribution < 1.29 is 16.8 Å². The summed E-state index contributed by atoms with van der Waals surface area (Å²) < 4.78 is 54.4. The number of rotatable bonds is 7. The van der Waals surface area contributed by atoms with Crippen molar-refractivity contribution in [2.75, 3.05) is 6.54 Å². The number of thiophene rings is 2. The predicted octanol–water partition coefficient (Wildman–Crippen LogP) is 4.07. The molecule has 2 heterocycles. The minimum absolute atomic E-state index is 0.0825. The first-order valence-corrected chi connectivity index (χ1v) is 12.9. The van der Waals surface area contributed by atoms with Crippen LogP contribution in [0.1, 0.15) is 10.1 Å². The van der Waals surface area contributed by atoms with Gasteiger partial charge in [0.15, 0.2) is 9.84 Å². The maximum absolute atomic E-state index is 13.0. The van der Waals surface area contributed by atoms with Gasteiger partial charge in [0, 0.05) is 15.9 Å². The largest absolute Gasteiger partial charge is 0.240 e. The van der Waals surface area contributed by atoms with Crippen LogP contribution in [0.15, 0.2) is 72.9 Å². The van der Waals surface area contributed by atoms with E-state index in [0.29, 0.717) is 4.88 Å². The van der Waals surface area contributed by atoms with Gasteiger partial charge in [0.1, 0.15) is 9.46 Å². The van der Waals surface area contributed by atoms with Crippen LogP contribution in [0.4, 0.5) is 0 Å². The lowest BCUT2D eigenvalue weighted by atomic mass is 10.3. The molecule has 0 aliphatic rings. The first-order valence-electron chi connectivity index (χ1n) is 7.37. The molecule has 26 heavy (non-hydrogen) atoms. The van der Waals surface area contributed by atoms with Crippen molar-refractivity contribution in [3.05, 3.63) is 68.6 Å². The Labute approximate surface area is 168 Å². The predicted molar refractivity (Wildman–Crippen MR) is 108 cm³/mol. The quantitative estimate of drug-likeness (QED) is 0.540. The van der Waals surface area contributed by atoms with Gasteiger partial charge in [0.2, 0.25) is 10.0 Å². The van der Waals surface area contributed by atoms with Crippen molar-refractivity contribution in [1.82, 2.24) is 4.72 Å². The van der Waals surface area contributed by atoms with E-state index in [4.69, 9.17) is 0 Å². The van der Waals surface area contributed by atoms with Gasteiger partial charge in [-0.2, -0.15) is 0 Å². The molecule has 0 radical (unpaired) electrons. The van der Waals surface area contributed by atoms with Crippen molar-refractivity contribution in [1.29, 1.82) is 0 Å². The third-order valence-electron chi connectivity index (χ3n) is 3.59. The topological polar surface area (TPSA) is 80.3 Å². The van der Waals surface area contributed by atoms with Gasteiger partial charge in [0.05, 0.1) is 4.90 Å². The number of sulfone groups is 1. The zero-order valence-corrected chi connectivity index (χ0v) is 18.1. The number of sulfonamides is 1. The lowest BCUT2D eigenvalue weighted by Gasteiger charge is -2.16. The highest BCUT2D eigenvalue weighted by atomic mass is 79.9. The molecule has 1 N–H and O–H groups in total. The second-order valence-corrected chi connectivity index (χ2v) is 12.3. The van der Waals surface area contributed by atoms with Crippen LogP contribution in [0, 0.1) is 0 Å². The van der Waals surface area contributed by atoms with E-state index in [9.17, 15) is 16.8 Å². The van der Waals surface area contributed by atoms with Crippen molar-refractivity contribution in [2.24, 2.45) is 0 Å². The Morgan fingerprint density at radius 1 is 0.923 bits per heavy atom. The lowest BCUT2D eigenvalue weighted by Crippen LogP contribution is -2.31. The highest BCUT2D eigenvalue weighted by Crippen LogP contribution is 2.33. The summed E-state index contributed by atoms with van der Waals surface area (Å²) >= 11 is 5.67. The van der Waals surface area contributed by atoms with Crippen LogP contribution in [-0.2, 0) is 19.9 Å². The Kier molecular flexibility index (Phi) is 6.00. The average molecular weight is 492 g/mol. The number of nitrogens with one attached hydrogen (secondary N) is 1. The molecule has 0 aliphatic heterocycles. The summed E-state index contributed by atoms with van der Waals surface area (Å²) in [5, 5.41) is 2.48. The molecule has 2 aromatic heterocycles. The zero-order valence-electron chi connectivity index (χ0n) is 13.2. The molecular weight excluding hydrogens is 478 g/mol. The van der Waals surface area contributed by atoms with Crippen LogP contribution in [0.3, 0.4) is 0 Å². The van der Waals surface area contributed by atoms with Crippen molar-refractivity contribution in [3.8, 4) is 0 Å². The summed E-state index contributed by atoms with van der Waals surface area (Å²) in [5.41, 5.74) is 0. The molecule has 5 nitrogen and oxygen atoms in total. The summed E-state index contributed by atoms with van der Waals surface area (Å²) in [6.07, 6.45) is 0. The molecule has 0 aliphatic carbocycles. The number of hydrogen-bond donors (Lipinski definition) is 1. The van der Waals surface area contributed by atoms with Gasteiger partial charge in [-0.25, -0.2) is 21.6 Å². The number of halogens is 1. The first kappa shape index (κ1) is 19.7. The Balaban J connectivity index is 1.89. The molecule has 138 valence electrons. The molecule has 3 aromatic rings. The molecule has 0 saturated carbocycles. The molecule has 3 rings (SSSR count). The van der Waals surface area contributed by atoms with Crippen LogP contribution < -0.4 is 4.72 Å². The fourth-order valence-corrected chi connectivity index (χ4v) is 7.69. The minimum Gasteiger partial charge on any atom is -0.222 e. The highest BCUT2D eigenvalue weighted by Gasteiger charge is 2.32. The van der Waals surface area contributed by atoms with Crippen molar-refractivity contribution in [2.45, 2.75) is 14.4 Å².